The number of alkyl halides is 1. The normalized spacial score (nSPS) is 16.9. The van der Waals surface area contributed by atoms with E-state index < -0.39 is 12.2 Å². The summed E-state index contributed by atoms with van der Waals surface area (Å²) in [6.07, 6.45) is -1.16. The van der Waals surface area contributed by atoms with Crippen LogP contribution in [-0.4, -0.2) is 77.6 Å². The summed E-state index contributed by atoms with van der Waals surface area (Å²) in [5, 5.41) is 19.9. The van der Waals surface area contributed by atoms with E-state index in [1.54, 1.807) is 0 Å². The third-order valence-corrected chi connectivity index (χ3v) is 8.00. The highest BCUT2D eigenvalue weighted by atomic mass is 127. The highest BCUT2D eigenvalue weighted by molar-refractivity contribution is 14.1. The van der Waals surface area contributed by atoms with Gasteiger partial charge in [0.25, 0.3) is 0 Å². The van der Waals surface area contributed by atoms with Gasteiger partial charge in [0.2, 0.25) is 0 Å². The molecule has 1 aliphatic heterocycles. The quantitative estimate of drug-likeness (QED) is 0.293. The average molecular weight is 606 g/mol. The number of thioether (sulfide) groups is 1. The van der Waals surface area contributed by atoms with Crippen molar-refractivity contribution in [2.45, 2.75) is 31.5 Å². The molecular weight excluding hydrogens is 573 g/mol. The summed E-state index contributed by atoms with van der Waals surface area (Å²) in [6, 6.07) is 14.2. The maximum atomic E-state index is 10.3. The van der Waals surface area contributed by atoms with Crippen molar-refractivity contribution in [1.29, 1.82) is 0 Å². The monoisotopic (exact) mass is 605 g/mol. The topological polar surface area (TPSA) is 62.2 Å². The predicted molar refractivity (Wildman–Crippen MR) is 145 cm³/mol. The number of rotatable bonds is 11. The minimum Gasteiger partial charge on any atom is -0.491 e. The number of benzene rings is 2. The zero-order valence-corrected chi connectivity index (χ0v) is 22.9. The van der Waals surface area contributed by atoms with Crippen molar-refractivity contribution in [3.05, 3.63) is 57.2 Å². The summed E-state index contributed by atoms with van der Waals surface area (Å²) in [6.45, 7) is 7.58. The van der Waals surface area contributed by atoms with Gasteiger partial charge < -0.3 is 19.7 Å². The summed E-state index contributed by atoms with van der Waals surface area (Å²) >= 11 is 9.87. The minimum absolute atomic E-state index is 0.151. The molecule has 0 amide bonds. The standard InChI is InChI=1S/C25H33ClINO4S/c1-25(2,19-5-8-24(23(27)13-19)32-16-20(29)14-26)18-3-6-22(7-4-18)31-17-21(30)15-28-9-11-33-12-10-28/h3-8,13,20-21,29-30H,9-12,14-17H2,1-2H3/t20-,21-/m1/s1. The van der Waals surface area contributed by atoms with E-state index in [2.05, 4.69) is 65.6 Å². The Hall–Kier alpha value is -0.710. The molecule has 1 aliphatic rings. The van der Waals surface area contributed by atoms with Gasteiger partial charge in [-0.1, -0.05) is 32.0 Å². The molecule has 3 rings (SSSR count). The minimum atomic E-state index is -0.677. The first-order chi connectivity index (χ1) is 15.8. The van der Waals surface area contributed by atoms with Crippen LogP contribution in [0, 0.1) is 3.57 Å². The second kappa shape index (κ2) is 12.8. The number of ether oxygens (including phenoxy) is 2. The molecule has 33 heavy (non-hydrogen) atoms. The predicted octanol–water partition coefficient (Wildman–Crippen LogP) is 4.38. The number of hydrogen-bond donors (Lipinski definition) is 2. The molecule has 182 valence electrons. The molecule has 1 fully saturated rings. The molecule has 0 saturated carbocycles. The van der Waals surface area contributed by atoms with Crippen LogP contribution in [0.25, 0.3) is 0 Å². The Morgan fingerprint density at radius 2 is 1.64 bits per heavy atom. The number of aliphatic hydroxyl groups is 2. The molecule has 1 saturated heterocycles. The van der Waals surface area contributed by atoms with Crippen LogP contribution < -0.4 is 9.47 Å². The molecule has 0 aliphatic carbocycles. The van der Waals surface area contributed by atoms with Gasteiger partial charge in [0.1, 0.15) is 36.9 Å². The molecule has 5 nitrogen and oxygen atoms in total. The van der Waals surface area contributed by atoms with Crippen molar-refractivity contribution in [3.63, 3.8) is 0 Å². The van der Waals surface area contributed by atoms with E-state index in [-0.39, 0.29) is 17.9 Å². The van der Waals surface area contributed by atoms with E-state index in [1.807, 2.05) is 30.0 Å². The lowest BCUT2D eigenvalue weighted by molar-refractivity contribution is 0.0715. The summed E-state index contributed by atoms with van der Waals surface area (Å²) in [5.74, 6) is 3.93. The Morgan fingerprint density at radius 3 is 2.27 bits per heavy atom. The summed E-state index contributed by atoms with van der Waals surface area (Å²) < 4.78 is 12.5. The SMILES string of the molecule is CC(C)(c1ccc(OC[C@H](O)CN2CCSCC2)cc1)c1ccc(OC[C@H](O)CCl)c(I)c1. The number of hydrogen-bond acceptors (Lipinski definition) is 6. The molecule has 2 aromatic rings. The fourth-order valence-corrected chi connectivity index (χ4v) is 5.44. The molecule has 1 heterocycles. The van der Waals surface area contributed by atoms with Crippen LogP contribution in [0.5, 0.6) is 11.5 Å². The van der Waals surface area contributed by atoms with E-state index >= 15 is 0 Å². The molecular formula is C25H33ClINO4S. The van der Waals surface area contributed by atoms with Crippen LogP contribution in [0.2, 0.25) is 0 Å². The molecule has 0 radical (unpaired) electrons. The van der Waals surface area contributed by atoms with E-state index in [9.17, 15) is 10.2 Å². The van der Waals surface area contributed by atoms with Crippen LogP contribution in [0.3, 0.4) is 0 Å². The maximum Gasteiger partial charge on any atom is 0.132 e. The second-order valence-electron chi connectivity index (χ2n) is 8.79. The fourth-order valence-electron chi connectivity index (χ4n) is 3.70. The second-order valence-corrected chi connectivity index (χ2v) is 11.5. The van der Waals surface area contributed by atoms with Gasteiger partial charge in [0.15, 0.2) is 0 Å². The van der Waals surface area contributed by atoms with Crippen molar-refractivity contribution in [1.82, 2.24) is 4.90 Å². The van der Waals surface area contributed by atoms with Crippen LogP contribution >= 0.6 is 46.0 Å². The van der Waals surface area contributed by atoms with Gasteiger partial charge in [-0.3, -0.25) is 4.90 Å². The summed E-state index contributed by atoms with van der Waals surface area (Å²) in [4.78, 5) is 2.30. The van der Waals surface area contributed by atoms with Gasteiger partial charge in [-0.15, -0.1) is 11.6 Å². The Kier molecular flexibility index (Phi) is 10.5. The van der Waals surface area contributed by atoms with Gasteiger partial charge in [0.05, 0.1) is 9.45 Å². The van der Waals surface area contributed by atoms with Crippen LogP contribution in [0.15, 0.2) is 42.5 Å². The fraction of sp³-hybridized carbons (Fsp3) is 0.520. The lowest BCUT2D eigenvalue weighted by Gasteiger charge is -2.28. The van der Waals surface area contributed by atoms with E-state index in [1.165, 1.54) is 11.1 Å². The average Bonchev–Trinajstić information content (AvgIpc) is 2.82. The molecule has 0 bridgehead atoms. The number of nitrogens with zero attached hydrogens (tertiary/aromatic N) is 1. The molecule has 2 atom stereocenters. The van der Waals surface area contributed by atoms with E-state index in [0.717, 1.165) is 39.7 Å². The highest BCUT2D eigenvalue weighted by Gasteiger charge is 2.24. The summed E-state index contributed by atoms with van der Waals surface area (Å²) in [7, 11) is 0. The number of β-amino-alcohol motifs (C(OH)–C–C–N with tert-alkyl or cyclic N) is 1. The van der Waals surface area contributed by atoms with E-state index in [0.29, 0.717) is 13.2 Å². The number of aliphatic hydroxyl groups excluding tert-OH is 2. The first-order valence-electron chi connectivity index (χ1n) is 11.2. The number of halogens is 2. The molecule has 2 N–H and O–H groups in total. The highest BCUT2D eigenvalue weighted by Crippen LogP contribution is 2.35. The smallest absolute Gasteiger partial charge is 0.132 e. The van der Waals surface area contributed by atoms with Crippen molar-refractivity contribution < 1.29 is 19.7 Å². The van der Waals surface area contributed by atoms with Gasteiger partial charge in [-0.25, -0.2) is 0 Å². The third kappa shape index (κ3) is 7.90. The van der Waals surface area contributed by atoms with Crippen LogP contribution in [0.1, 0.15) is 25.0 Å². The van der Waals surface area contributed by atoms with Gasteiger partial charge >= 0.3 is 0 Å². The van der Waals surface area contributed by atoms with Gasteiger partial charge in [0, 0.05) is 36.6 Å². The van der Waals surface area contributed by atoms with Crippen molar-refractivity contribution in [3.8, 4) is 11.5 Å². The maximum absolute atomic E-state index is 10.3. The Bertz CT molecular complexity index is 877. The molecule has 0 aromatic heterocycles. The molecule has 2 aromatic carbocycles. The van der Waals surface area contributed by atoms with Crippen molar-refractivity contribution >= 4 is 46.0 Å². The van der Waals surface area contributed by atoms with Crippen molar-refractivity contribution in [2.75, 3.05) is 50.2 Å². The Morgan fingerprint density at radius 1 is 1.00 bits per heavy atom. The zero-order chi connectivity index (χ0) is 23.8. The van der Waals surface area contributed by atoms with Gasteiger partial charge in [-0.05, 0) is 58.0 Å². The van der Waals surface area contributed by atoms with Crippen molar-refractivity contribution in [2.24, 2.45) is 0 Å². The lowest BCUT2D eigenvalue weighted by Crippen LogP contribution is -2.40. The molecule has 0 unspecified atom stereocenters. The Labute approximate surface area is 219 Å². The van der Waals surface area contributed by atoms with Gasteiger partial charge in [-0.2, -0.15) is 11.8 Å². The van der Waals surface area contributed by atoms with E-state index in [4.69, 9.17) is 21.1 Å². The third-order valence-electron chi connectivity index (χ3n) is 5.85. The molecule has 0 spiro atoms. The largest absolute Gasteiger partial charge is 0.491 e. The molecule has 8 heteroatoms. The lowest BCUT2D eigenvalue weighted by atomic mass is 9.78. The van der Waals surface area contributed by atoms with Crippen LogP contribution in [-0.2, 0) is 5.41 Å². The summed E-state index contributed by atoms with van der Waals surface area (Å²) in [5.41, 5.74) is 2.13. The Balaban J connectivity index is 1.57. The first-order valence-corrected chi connectivity index (χ1v) is 13.9. The van der Waals surface area contributed by atoms with Crippen LogP contribution in [0.4, 0.5) is 0 Å². The zero-order valence-electron chi connectivity index (χ0n) is 19.2. The first kappa shape index (κ1) is 26.9.